The van der Waals surface area contributed by atoms with Crippen LogP contribution in [0.3, 0.4) is 0 Å². The Morgan fingerprint density at radius 2 is 2.11 bits per heavy atom. The SMILES string of the molecule is O=[N+]([O-])c1cc(Br)c(O)c(CN2CCOCC2)c1. The number of halogens is 1. The molecule has 1 fully saturated rings. The molecule has 1 heterocycles. The maximum absolute atomic E-state index is 10.8. The third-order valence-corrected chi connectivity index (χ3v) is 3.44. The molecule has 0 amide bonds. The number of hydrogen-bond donors (Lipinski definition) is 1. The van der Waals surface area contributed by atoms with Crippen molar-refractivity contribution in [2.45, 2.75) is 6.54 Å². The van der Waals surface area contributed by atoms with Gasteiger partial charge in [-0.2, -0.15) is 0 Å². The van der Waals surface area contributed by atoms with E-state index < -0.39 is 4.92 Å². The average molecular weight is 317 g/mol. The first-order valence-corrected chi connectivity index (χ1v) is 6.33. The molecule has 1 saturated heterocycles. The molecule has 0 unspecified atom stereocenters. The van der Waals surface area contributed by atoms with Crippen LogP contribution in [-0.4, -0.2) is 41.2 Å². The molecule has 0 spiro atoms. The number of ether oxygens (including phenoxy) is 1. The quantitative estimate of drug-likeness (QED) is 0.680. The Hall–Kier alpha value is -1.18. The summed E-state index contributed by atoms with van der Waals surface area (Å²) < 4.78 is 5.58. The van der Waals surface area contributed by atoms with Crippen LogP contribution >= 0.6 is 15.9 Å². The Bertz CT molecular complexity index is 461. The first-order chi connectivity index (χ1) is 8.58. The molecule has 0 aromatic heterocycles. The largest absolute Gasteiger partial charge is 0.506 e. The van der Waals surface area contributed by atoms with E-state index in [0.717, 1.165) is 13.1 Å². The van der Waals surface area contributed by atoms with Gasteiger partial charge in [0.15, 0.2) is 0 Å². The second-order valence-corrected chi connectivity index (χ2v) is 4.94. The molecular weight excluding hydrogens is 304 g/mol. The van der Waals surface area contributed by atoms with E-state index in [1.54, 1.807) is 0 Å². The summed E-state index contributed by atoms with van der Waals surface area (Å²) in [5.41, 5.74) is 0.529. The summed E-state index contributed by atoms with van der Waals surface area (Å²) in [4.78, 5) is 12.4. The van der Waals surface area contributed by atoms with Gasteiger partial charge in [-0.05, 0) is 15.9 Å². The highest BCUT2D eigenvalue weighted by Crippen LogP contribution is 2.33. The number of aromatic hydroxyl groups is 1. The standard InChI is InChI=1S/C11H13BrN2O4/c12-10-6-9(14(16)17)5-8(11(10)15)7-13-1-3-18-4-2-13/h5-6,15H,1-4,7H2. The number of nitro benzene ring substituents is 1. The number of rotatable bonds is 3. The van der Waals surface area contributed by atoms with E-state index >= 15 is 0 Å². The summed E-state index contributed by atoms with van der Waals surface area (Å²) in [6.07, 6.45) is 0. The van der Waals surface area contributed by atoms with Crippen LogP contribution < -0.4 is 0 Å². The van der Waals surface area contributed by atoms with Gasteiger partial charge >= 0.3 is 0 Å². The van der Waals surface area contributed by atoms with Gasteiger partial charge in [-0.1, -0.05) is 0 Å². The molecule has 1 aromatic carbocycles. The van der Waals surface area contributed by atoms with Gasteiger partial charge in [-0.25, -0.2) is 0 Å². The van der Waals surface area contributed by atoms with Crippen molar-refractivity contribution >= 4 is 21.6 Å². The average Bonchev–Trinajstić information content (AvgIpc) is 2.35. The van der Waals surface area contributed by atoms with Gasteiger partial charge in [-0.3, -0.25) is 15.0 Å². The summed E-state index contributed by atoms with van der Waals surface area (Å²) >= 11 is 3.13. The van der Waals surface area contributed by atoms with Gasteiger partial charge in [0.05, 0.1) is 22.6 Å². The lowest BCUT2D eigenvalue weighted by Gasteiger charge is -2.26. The molecule has 1 aromatic rings. The molecule has 0 atom stereocenters. The molecule has 6 nitrogen and oxygen atoms in total. The van der Waals surface area contributed by atoms with Crippen LogP contribution in [0.25, 0.3) is 0 Å². The van der Waals surface area contributed by atoms with Gasteiger partial charge < -0.3 is 9.84 Å². The fourth-order valence-corrected chi connectivity index (χ4v) is 2.36. The summed E-state index contributed by atoms with van der Waals surface area (Å²) in [7, 11) is 0. The van der Waals surface area contributed by atoms with E-state index in [1.807, 2.05) is 0 Å². The van der Waals surface area contributed by atoms with Crippen molar-refractivity contribution in [3.8, 4) is 5.75 Å². The first kappa shape index (κ1) is 13.3. The first-order valence-electron chi connectivity index (χ1n) is 5.54. The Morgan fingerprint density at radius 1 is 1.44 bits per heavy atom. The number of benzene rings is 1. The van der Waals surface area contributed by atoms with Crippen LogP contribution in [-0.2, 0) is 11.3 Å². The van der Waals surface area contributed by atoms with Gasteiger partial charge in [-0.15, -0.1) is 0 Å². The lowest BCUT2D eigenvalue weighted by atomic mass is 10.1. The Kier molecular flexibility index (Phi) is 4.15. The summed E-state index contributed by atoms with van der Waals surface area (Å²) in [6, 6.07) is 2.72. The minimum atomic E-state index is -0.465. The molecule has 1 N–H and O–H groups in total. The normalized spacial score (nSPS) is 16.7. The van der Waals surface area contributed by atoms with Crippen LogP contribution in [0.4, 0.5) is 5.69 Å². The van der Waals surface area contributed by atoms with E-state index in [9.17, 15) is 15.2 Å². The number of nitro groups is 1. The van der Waals surface area contributed by atoms with Crippen LogP contribution in [0, 0.1) is 10.1 Å². The predicted octanol–water partition coefficient (Wildman–Crippen LogP) is 1.90. The number of non-ortho nitro benzene ring substituents is 1. The van der Waals surface area contributed by atoms with Crippen molar-refractivity contribution in [1.82, 2.24) is 4.90 Å². The molecule has 0 radical (unpaired) electrons. The monoisotopic (exact) mass is 316 g/mol. The fourth-order valence-electron chi connectivity index (χ4n) is 1.87. The third kappa shape index (κ3) is 2.98. The minimum absolute atomic E-state index is 0.0251. The molecule has 98 valence electrons. The van der Waals surface area contributed by atoms with E-state index in [4.69, 9.17) is 4.74 Å². The van der Waals surface area contributed by atoms with Crippen LogP contribution in [0.5, 0.6) is 5.75 Å². The summed E-state index contributed by atoms with van der Waals surface area (Å²) in [6.45, 7) is 3.31. The Balaban J connectivity index is 2.22. The molecule has 0 saturated carbocycles. The van der Waals surface area contributed by atoms with E-state index in [0.29, 0.717) is 29.8 Å². The van der Waals surface area contributed by atoms with Crippen LogP contribution in [0.15, 0.2) is 16.6 Å². The zero-order chi connectivity index (χ0) is 13.1. The topological polar surface area (TPSA) is 75.8 Å². The highest BCUT2D eigenvalue weighted by molar-refractivity contribution is 9.10. The van der Waals surface area contributed by atoms with Gasteiger partial charge in [0, 0.05) is 37.3 Å². The van der Waals surface area contributed by atoms with Gasteiger partial charge in [0.1, 0.15) is 5.75 Å². The number of phenols is 1. The van der Waals surface area contributed by atoms with Crippen molar-refractivity contribution in [1.29, 1.82) is 0 Å². The van der Waals surface area contributed by atoms with Crippen molar-refractivity contribution in [3.63, 3.8) is 0 Å². The number of nitrogens with zero attached hydrogens (tertiary/aromatic N) is 2. The summed E-state index contributed by atoms with van der Waals surface area (Å²) in [5, 5.41) is 20.7. The van der Waals surface area contributed by atoms with E-state index in [1.165, 1.54) is 12.1 Å². The molecule has 18 heavy (non-hydrogen) atoms. The number of phenolic OH excluding ortho intramolecular Hbond substituents is 1. The number of hydrogen-bond acceptors (Lipinski definition) is 5. The molecular formula is C11H13BrN2O4. The Morgan fingerprint density at radius 3 is 2.72 bits per heavy atom. The molecule has 0 aliphatic carbocycles. The van der Waals surface area contributed by atoms with Crippen LogP contribution in [0.1, 0.15) is 5.56 Å². The lowest BCUT2D eigenvalue weighted by Crippen LogP contribution is -2.35. The number of morpholine rings is 1. The minimum Gasteiger partial charge on any atom is -0.506 e. The van der Waals surface area contributed by atoms with Crippen molar-refractivity contribution in [2.24, 2.45) is 0 Å². The second-order valence-electron chi connectivity index (χ2n) is 4.08. The smallest absolute Gasteiger partial charge is 0.271 e. The maximum Gasteiger partial charge on any atom is 0.271 e. The van der Waals surface area contributed by atoms with Crippen molar-refractivity contribution in [3.05, 3.63) is 32.3 Å². The highest BCUT2D eigenvalue weighted by atomic mass is 79.9. The van der Waals surface area contributed by atoms with Crippen molar-refractivity contribution in [2.75, 3.05) is 26.3 Å². The van der Waals surface area contributed by atoms with E-state index in [2.05, 4.69) is 20.8 Å². The zero-order valence-electron chi connectivity index (χ0n) is 9.63. The van der Waals surface area contributed by atoms with Crippen LogP contribution in [0.2, 0.25) is 0 Å². The maximum atomic E-state index is 10.8. The Labute approximate surface area is 112 Å². The van der Waals surface area contributed by atoms with Gasteiger partial charge in [0.25, 0.3) is 5.69 Å². The fraction of sp³-hybridized carbons (Fsp3) is 0.455. The molecule has 1 aliphatic rings. The third-order valence-electron chi connectivity index (χ3n) is 2.84. The lowest BCUT2D eigenvalue weighted by molar-refractivity contribution is -0.385. The zero-order valence-corrected chi connectivity index (χ0v) is 11.2. The second kappa shape index (κ2) is 5.64. The molecule has 1 aliphatic heterocycles. The molecule has 0 bridgehead atoms. The van der Waals surface area contributed by atoms with Gasteiger partial charge in [0.2, 0.25) is 0 Å². The molecule has 7 heteroatoms. The van der Waals surface area contributed by atoms with E-state index in [-0.39, 0.29) is 11.4 Å². The molecule has 2 rings (SSSR count). The van der Waals surface area contributed by atoms with Crippen molar-refractivity contribution < 1.29 is 14.8 Å². The predicted molar refractivity (Wildman–Crippen MR) is 68.6 cm³/mol. The highest BCUT2D eigenvalue weighted by Gasteiger charge is 2.18. The summed E-state index contributed by atoms with van der Waals surface area (Å²) in [5.74, 6) is 0.0621.